The first-order valence-corrected chi connectivity index (χ1v) is 6.31. The Labute approximate surface area is 115 Å². The molecule has 19 heavy (non-hydrogen) atoms. The van der Waals surface area contributed by atoms with Crippen LogP contribution in [-0.2, 0) is 0 Å². The maximum Gasteiger partial charge on any atom is 0.277 e. The lowest BCUT2D eigenvalue weighted by Gasteiger charge is -2.12. The van der Waals surface area contributed by atoms with Crippen LogP contribution in [0.1, 0.15) is 0 Å². The Morgan fingerprint density at radius 2 is 1.95 bits per heavy atom. The van der Waals surface area contributed by atoms with Crippen molar-refractivity contribution < 1.29 is 10.0 Å². The van der Waals surface area contributed by atoms with Crippen LogP contribution in [0.4, 0.5) is 11.4 Å². The minimum atomic E-state index is -0.657. The van der Waals surface area contributed by atoms with E-state index in [-0.39, 0.29) is 11.6 Å². The van der Waals surface area contributed by atoms with Crippen molar-refractivity contribution in [1.29, 1.82) is 0 Å². The molecule has 0 heterocycles. The van der Waals surface area contributed by atoms with Gasteiger partial charge in [0, 0.05) is 23.7 Å². The summed E-state index contributed by atoms with van der Waals surface area (Å²) in [5.74, 6) is 0.137. The Bertz CT molecular complexity index is 603. The fourth-order valence-electron chi connectivity index (χ4n) is 1.89. The fourth-order valence-corrected chi connectivity index (χ4v) is 2.00. The fraction of sp³-hybridized carbons (Fsp3) is 0.231. The molecule has 1 atom stereocenters. The average Bonchev–Trinajstić information content (AvgIpc) is 2.43. The van der Waals surface area contributed by atoms with Crippen LogP contribution in [0.2, 0.25) is 0 Å². The second-order valence-corrected chi connectivity index (χ2v) is 4.43. The van der Waals surface area contributed by atoms with Crippen LogP contribution in [0.3, 0.4) is 0 Å². The van der Waals surface area contributed by atoms with Crippen LogP contribution in [-0.4, -0.2) is 28.6 Å². The van der Waals surface area contributed by atoms with Gasteiger partial charge in [0.2, 0.25) is 0 Å². The Balaban J connectivity index is 2.40. The van der Waals surface area contributed by atoms with E-state index in [9.17, 15) is 15.2 Å². The zero-order valence-corrected chi connectivity index (χ0v) is 10.8. The lowest BCUT2D eigenvalue weighted by molar-refractivity contribution is -0.383. The number of non-ortho nitro benzene ring substituents is 1. The topological polar surface area (TPSA) is 75.4 Å². The first-order valence-electron chi connectivity index (χ1n) is 5.77. The number of benzene rings is 2. The summed E-state index contributed by atoms with van der Waals surface area (Å²) in [6.07, 6.45) is -0.657. The third-order valence-corrected chi connectivity index (χ3v) is 3.16. The van der Waals surface area contributed by atoms with E-state index in [4.69, 9.17) is 11.6 Å². The summed E-state index contributed by atoms with van der Waals surface area (Å²) in [5, 5.41) is 24.8. The Morgan fingerprint density at radius 3 is 2.63 bits per heavy atom. The molecule has 100 valence electrons. The molecule has 0 fully saturated rings. The molecule has 0 aliphatic rings. The zero-order chi connectivity index (χ0) is 13.8. The van der Waals surface area contributed by atoms with Crippen LogP contribution < -0.4 is 5.32 Å². The highest BCUT2D eigenvalue weighted by Crippen LogP contribution is 2.30. The first-order chi connectivity index (χ1) is 9.13. The molecule has 5 nitrogen and oxygen atoms in total. The van der Waals surface area contributed by atoms with Gasteiger partial charge in [-0.3, -0.25) is 10.1 Å². The quantitative estimate of drug-likeness (QED) is 0.502. The number of fused-ring (bicyclic) bond motifs is 1. The number of nitro benzene ring substituents is 1. The van der Waals surface area contributed by atoms with Crippen molar-refractivity contribution in [2.45, 2.75) is 6.10 Å². The molecule has 0 aliphatic heterocycles. The molecule has 0 aliphatic carbocycles. The van der Waals surface area contributed by atoms with Gasteiger partial charge in [0.25, 0.3) is 5.69 Å². The number of halogens is 1. The largest absolute Gasteiger partial charge is 0.390 e. The third kappa shape index (κ3) is 2.94. The molecule has 2 aromatic rings. The van der Waals surface area contributed by atoms with E-state index in [2.05, 4.69) is 5.32 Å². The van der Waals surface area contributed by atoms with Crippen LogP contribution in [0.25, 0.3) is 10.8 Å². The molecular weight excluding hydrogens is 268 g/mol. The number of aliphatic hydroxyl groups excluding tert-OH is 1. The summed E-state index contributed by atoms with van der Waals surface area (Å²) < 4.78 is 0. The highest BCUT2D eigenvalue weighted by atomic mass is 35.5. The number of nitrogens with zero attached hydrogens (tertiary/aromatic N) is 1. The maximum atomic E-state index is 11.0. The molecule has 0 bridgehead atoms. The normalized spacial score (nSPS) is 12.3. The summed E-state index contributed by atoms with van der Waals surface area (Å²) in [7, 11) is 0. The SMILES string of the molecule is O=[N+]([O-])c1cccc2c(NCC(O)CCl)cccc12. The van der Waals surface area contributed by atoms with E-state index in [1.54, 1.807) is 24.3 Å². The van der Waals surface area contributed by atoms with Crippen LogP contribution in [0.15, 0.2) is 36.4 Å². The van der Waals surface area contributed by atoms with Gasteiger partial charge < -0.3 is 10.4 Å². The smallest absolute Gasteiger partial charge is 0.277 e. The molecule has 2 aromatic carbocycles. The lowest BCUT2D eigenvalue weighted by Crippen LogP contribution is -2.20. The van der Waals surface area contributed by atoms with E-state index in [0.29, 0.717) is 11.9 Å². The first kappa shape index (κ1) is 13.6. The Hall–Kier alpha value is -1.85. The van der Waals surface area contributed by atoms with Gasteiger partial charge in [0.1, 0.15) is 0 Å². The van der Waals surface area contributed by atoms with Gasteiger partial charge in [-0.2, -0.15) is 0 Å². The van der Waals surface area contributed by atoms with E-state index < -0.39 is 11.0 Å². The molecule has 0 saturated heterocycles. The van der Waals surface area contributed by atoms with Crippen molar-refractivity contribution in [2.75, 3.05) is 17.7 Å². The summed E-state index contributed by atoms with van der Waals surface area (Å²) in [4.78, 5) is 10.6. The summed E-state index contributed by atoms with van der Waals surface area (Å²) in [6, 6.07) is 10.2. The van der Waals surface area contributed by atoms with Gasteiger partial charge in [-0.05, 0) is 12.1 Å². The van der Waals surface area contributed by atoms with Crippen molar-refractivity contribution >= 4 is 33.7 Å². The summed E-state index contributed by atoms with van der Waals surface area (Å²) in [5.41, 5.74) is 0.810. The molecule has 0 aromatic heterocycles. The minimum absolute atomic E-state index is 0.0686. The standard InChI is InChI=1S/C13H13ClN2O3/c14-7-9(17)8-15-12-5-1-4-11-10(12)3-2-6-13(11)16(18)19/h1-6,9,15,17H,7-8H2. The second kappa shape index (κ2) is 5.86. The molecule has 2 rings (SSSR count). The highest BCUT2D eigenvalue weighted by Gasteiger charge is 2.13. The average molecular weight is 281 g/mol. The minimum Gasteiger partial charge on any atom is -0.390 e. The van der Waals surface area contributed by atoms with Gasteiger partial charge in [0.15, 0.2) is 0 Å². The van der Waals surface area contributed by atoms with Gasteiger partial charge in [-0.25, -0.2) is 0 Å². The van der Waals surface area contributed by atoms with Crippen LogP contribution in [0.5, 0.6) is 0 Å². The molecule has 6 heteroatoms. The highest BCUT2D eigenvalue weighted by molar-refractivity contribution is 6.18. The van der Waals surface area contributed by atoms with Gasteiger partial charge >= 0.3 is 0 Å². The van der Waals surface area contributed by atoms with E-state index >= 15 is 0 Å². The maximum absolute atomic E-state index is 11.0. The van der Waals surface area contributed by atoms with Crippen molar-refractivity contribution in [3.05, 3.63) is 46.5 Å². The Kier molecular flexibility index (Phi) is 4.19. The Morgan fingerprint density at radius 1 is 1.26 bits per heavy atom. The molecular formula is C13H13ClN2O3. The number of hydrogen-bond acceptors (Lipinski definition) is 4. The molecule has 2 N–H and O–H groups in total. The molecule has 0 saturated carbocycles. The van der Waals surface area contributed by atoms with Crippen molar-refractivity contribution in [3.63, 3.8) is 0 Å². The number of hydrogen-bond donors (Lipinski definition) is 2. The molecule has 0 spiro atoms. The van der Waals surface area contributed by atoms with E-state index in [0.717, 1.165) is 11.1 Å². The molecule has 1 unspecified atom stereocenters. The zero-order valence-electron chi connectivity index (χ0n) is 10.0. The third-order valence-electron chi connectivity index (χ3n) is 2.80. The molecule has 0 amide bonds. The van der Waals surface area contributed by atoms with Gasteiger partial charge in [0.05, 0.1) is 22.3 Å². The monoisotopic (exact) mass is 280 g/mol. The van der Waals surface area contributed by atoms with Gasteiger partial charge in [-0.1, -0.05) is 18.2 Å². The second-order valence-electron chi connectivity index (χ2n) is 4.12. The summed E-state index contributed by atoms with van der Waals surface area (Å²) in [6.45, 7) is 0.297. The predicted octanol–water partition coefficient (Wildman–Crippen LogP) is 2.76. The predicted molar refractivity (Wildman–Crippen MR) is 75.8 cm³/mol. The van der Waals surface area contributed by atoms with Crippen molar-refractivity contribution in [1.82, 2.24) is 0 Å². The van der Waals surface area contributed by atoms with E-state index in [1.165, 1.54) is 6.07 Å². The van der Waals surface area contributed by atoms with Crippen LogP contribution in [0, 0.1) is 10.1 Å². The number of nitrogens with one attached hydrogen (secondary N) is 1. The number of anilines is 1. The number of rotatable bonds is 5. The summed E-state index contributed by atoms with van der Waals surface area (Å²) >= 11 is 5.52. The van der Waals surface area contributed by atoms with E-state index in [1.807, 2.05) is 6.07 Å². The van der Waals surface area contributed by atoms with Gasteiger partial charge in [-0.15, -0.1) is 11.6 Å². The molecule has 0 radical (unpaired) electrons. The van der Waals surface area contributed by atoms with Crippen LogP contribution >= 0.6 is 11.6 Å². The lowest BCUT2D eigenvalue weighted by atomic mass is 10.1. The van der Waals surface area contributed by atoms with Crippen molar-refractivity contribution in [2.24, 2.45) is 0 Å². The number of nitro groups is 1. The number of aliphatic hydroxyl groups is 1. The van der Waals surface area contributed by atoms with Crippen molar-refractivity contribution in [3.8, 4) is 0 Å². The number of alkyl halides is 1.